The van der Waals surface area contributed by atoms with Gasteiger partial charge >= 0.3 is 0 Å². The van der Waals surface area contributed by atoms with E-state index >= 15 is 0 Å². The van der Waals surface area contributed by atoms with Crippen molar-refractivity contribution in [3.63, 3.8) is 0 Å². The van der Waals surface area contributed by atoms with Gasteiger partial charge in [0.15, 0.2) is 0 Å². The fraction of sp³-hybridized carbons (Fsp3) is 0.0244. The van der Waals surface area contributed by atoms with E-state index in [-0.39, 0.29) is 0 Å². The Hall–Kier alpha value is -4.98. The van der Waals surface area contributed by atoms with Crippen molar-refractivity contribution in [2.75, 3.05) is 0 Å². The maximum atomic E-state index is 2.42. The minimum absolute atomic E-state index is 1.25. The maximum absolute atomic E-state index is 2.42. The first-order valence-corrected chi connectivity index (χ1v) is 15.3. The van der Waals surface area contributed by atoms with Crippen LogP contribution in [-0.2, 0) is 0 Å². The van der Waals surface area contributed by atoms with Gasteiger partial charge in [0.25, 0.3) is 0 Å². The maximum Gasteiger partial charge on any atom is 0.0433 e. The SMILES string of the molecule is Cc1c2cc(-c3ccc(-c4cccc5c4sc4ccccc45)cc3)c3ccc4cccc(ccc5ccccc52)c4c13. The van der Waals surface area contributed by atoms with Crippen molar-refractivity contribution < 1.29 is 0 Å². The van der Waals surface area contributed by atoms with E-state index in [1.54, 1.807) is 0 Å². The molecule has 0 amide bonds. The molecule has 2 bridgehead atoms. The number of hydrogen-bond acceptors (Lipinski definition) is 1. The molecular formula is C41H26S. The van der Waals surface area contributed by atoms with Crippen LogP contribution in [0, 0.1) is 6.92 Å². The molecule has 0 aliphatic heterocycles. The van der Waals surface area contributed by atoms with Gasteiger partial charge in [-0.25, -0.2) is 0 Å². The number of rotatable bonds is 2. The minimum Gasteiger partial charge on any atom is -0.135 e. The Morgan fingerprint density at radius 2 is 1.02 bits per heavy atom. The van der Waals surface area contributed by atoms with E-state index < -0.39 is 0 Å². The Kier molecular flexibility index (Phi) is 5.08. The topological polar surface area (TPSA) is 0 Å². The first-order chi connectivity index (χ1) is 20.7. The molecule has 0 fully saturated rings. The number of hydrogen-bond donors (Lipinski definition) is 0. The minimum atomic E-state index is 1.25. The summed E-state index contributed by atoms with van der Waals surface area (Å²) in [6.07, 6.45) is 0. The molecule has 0 saturated heterocycles. The normalized spacial score (nSPS) is 11.9. The van der Waals surface area contributed by atoms with Crippen molar-refractivity contribution in [1.82, 2.24) is 0 Å². The van der Waals surface area contributed by atoms with E-state index in [0.29, 0.717) is 0 Å². The van der Waals surface area contributed by atoms with Gasteiger partial charge < -0.3 is 0 Å². The molecular weight excluding hydrogens is 525 g/mol. The van der Waals surface area contributed by atoms with Gasteiger partial charge in [-0.05, 0) is 90.0 Å². The van der Waals surface area contributed by atoms with Crippen LogP contribution in [0.3, 0.4) is 0 Å². The molecule has 0 spiro atoms. The highest BCUT2D eigenvalue weighted by molar-refractivity contribution is 7.26. The van der Waals surface area contributed by atoms with Crippen LogP contribution in [0.4, 0.5) is 0 Å². The summed E-state index contributed by atoms with van der Waals surface area (Å²) in [5, 5.41) is 13.1. The predicted octanol–water partition coefficient (Wildman–Crippen LogP) is 12.3. The lowest BCUT2D eigenvalue weighted by molar-refractivity contribution is 1.59. The average Bonchev–Trinajstić information content (AvgIpc) is 3.44. The number of fused-ring (bicyclic) bond motifs is 6. The summed E-state index contributed by atoms with van der Waals surface area (Å²) in [5.74, 6) is 0. The Morgan fingerprint density at radius 3 is 1.86 bits per heavy atom. The second kappa shape index (κ2) is 9.01. The van der Waals surface area contributed by atoms with Crippen molar-refractivity contribution >= 4 is 74.6 Å². The third kappa shape index (κ3) is 3.41. The van der Waals surface area contributed by atoms with E-state index in [1.807, 2.05) is 11.3 Å². The summed E-state index contributed by atoms with van der Waals surface area (Å²) in [6.45, 7) is 2.30. The molecule has 0 aliphatic carbocycles. The monoisotopic (exact) mass is 550 g/mol. The number of thiophene rings is 1. The zero-order valence-corrected chi connectivity index (χ0v) is 24.0. The van der Waals surface area contributed by atoms with Gasteiger partial charge in [0, 0.05) is 20.2 Å². The number of aryl methyl sites for hydroxylation is 1. The molecule has 0 nitrogen and oxygen atoms in total. The molecule has 8 aromatic carbocycles. The van der Waals surface area contributed by atoms with Gasteiger partial charge in [-0.3, -0.25) is 0 Å². The molecule has 1 heterocycles. The van der Waals surface area contributed by atoms with Crippen LogP contribution in [0.1, 0.15) is 5.56 Å². The molecule has 0 radical (unpaired) electrons. The standard InChI is InChI=1S/C41H26S/c1-25-36-24-37(28-18-16-27(17-19-28)32-13-7-14-35-33-12-4-5-15-38(33)42-41(32)35)34-23-22-30-10-6-9-29(40(30)39(25)34)21-20-26-8-2-3-11-31(26)36/h2-24H,1H3. The Bertz CT molecular complexity index is 2510. The van der Waals surface area contributed by atoms with Crippen molar-refractivity contribution in [3.8, 4) is 22.3 Å². The van der Waals surface area contributed by atoms with Gasteiger partial charge in [-0.15, -0.1) is 11.3 Å². The lowest BCUT2D eigenvalue weighted by atomic mass is 9.88. The van der Waals surface area contributed by atoms with Gasteiger partial charge in [0.2, 0.25) is 0 Å². The molecule has 9 rings (SSSR count). The van der Waals surface area contributed by atoms with E-state index in [9.17, 15) is 0 Å². The molecule has 1 heteroatoms. The van der Waals surface area contributed by atoms with E-state index in [1.165, 1.54) is 91.1 Å². The number of benzene rings is 7. The smallest absolute Gasteiger partial charge is 0.0433 e. The average molecular weight is 551 g/mol. The van der Waals surface area contributed by atoms with Gasteiger partial charge in [0.05, 0.1) is 0 Å². The van der Waals surface area contributed by atoms with Gasteiger partial charge in [0.1, 0.15) is 0 Å². The van der Waals surface area contributed by atoms with Crippen LogP contribution in [0.25, 0.3) is 85.5 Å². The van der Waals surface area contributed by atoms with Gasteiger partial charge in [-0.2, -0.15) is 0 Å². The highest BCUT2D eigenvalue weighted by Crippen LogP contribution is 2.43. The van der Waals surface area contributed by atoms with Crippen molar-refractivity contribution in [2.45, 2.75) is 6.92 Å². The lowest BCUT2D eigenvalue weighted by Crippen LogP contribution is -1.89. The van der Waals surface area contributed by atoms with Crippen LogP contribution in [0.5, 0.6) is 0 Å². The zero-order valence-electron chi connectivity index (χ0n) is 23.2. The van der Waals surface area contributed by atoms with Crippen LogP contribution in [0.2, 0.25) is 0 Å². The third-order valence-electron chi connectivity index (χ3n) is 9.04. The van der Waals surface area contributed by atoms with Crippen molar-refractivity contribution in [2.24, 2.45) is 0 Å². The summed E-state index contributed by atoms with van der Waals surface area (Å²) in [7, 11) is 0. The van der Waals surface area contributed by atoms with E-state index in [0.717, 1.165) is 0 Å². The van der Waals surface area contributed by atoms with E-state index in [4.69, 9.17) is 0 Å². The molecule has 9 aromatic rings. The summed E-state index contributed by atoms with van der Waals surface area (Å²) in [4.78, 5) is 0. The van der Waals surface area contributed by atoms with Gasteiger partial charge in [-0.1, -0.05) is 127 Å². The third-order valence-corrected chi connectivity index (χ3v) is 10.3. The molecule has 42 heavy (non-hydrogen) atoms. The molecule has 1 aromatic heterocycles. The predicted molar refractivity (Wildman–Crippen MR) is 185 cm³/mol. The summed E-state index contributed by atoms with van der Waals surface area (Å²) < 4.78 is 2.70. The largest absolute Gasteiger partial charge is 0.135 e. The summed E-state index contributed by atoms with van der Waals surface area (Å²) in [5.41, 5.74) is 6.43. The fourth-order valence-electron chi connectivity index (χ4n) is 7.01. The van der Waals surface area contributed by atoms with Crippen LogP contribution in [-0.4, -0.2) is 0 Å². The van der Waals surface area contributed by atoms with Crippen LogP contribution < -0.4 is 0 Å². The highest BCUT2D eigenvalue weighted by Gasteiger charge is 2.15. The molecule has 196 valence electrons. The van der Waals surface area contributed by atoms with Crippen molar-refractivity contribution in [3.05, 3.63) is 145 Å². The zero-order chi connectivity index (χ0) is 27.8. The fourth-order valence-corrected chi connectivity index (χ4v) is 8.25. The lowest BCUT2D eigenvalue weighted by Gasteiger charge is -2.16. The first-order valence-electron chi connectivity index (χ1n) is 14.5. The Labute approximate surface area is 248 Å². The van der Waals surface area contributed by atoms with Crippen LogP contribution >= 0.6 is 11.3 Å². The second-order valence-electron chi connectivity index (χ2n) is 11.3. The van der Waals surface area contributed by atoms with E-state index in [2.05, 4.69) is 146 Å². The molecule has 0 saturated carbocycles. The molecule has 0 atom stereocenters. The second-order valence-corrected chi connectivity index (χ2v) is 12.4. The molecule has 0 aliphatic rings. The van der Waals surface area contributed by atoms with Crippen LogP contribution in [0.15, 0.2) is 140 Å². The quantitative estimate of drug-likeness (QED) is 0.188. The summed E-state index contributed by atoms with van der Waals surface area (Å²) >= 11 is 1.89. The molecule has 0 unspecified atom stereocenters. The Morgan fingerprint density at radius 1 is 0.405 bits per heavy atom. The first kappa shape index (κ1) is 23.7. The molecule has 0 N–H and O–H groups in total. The van der Waals surface area contributed by atoms with Crippen molar-refractivity contribution in [1.29, 1.82) is 0 Å². The summed E-state index contributed by atoms with van der Waals surface area (Å²) in [6, 6.07) is 51.8. The Balaban J connectivity index is 1.32. The highest BCUT2D eigenvalue weighted by atomic mass is 32.1.